The Kier molecular flexibility index (Phi) is 28.9. The van der Waals surface area contributed by atoms with E-state index >= 15 is 0 Å². The third-order valence-corrected chi connectivity index (χ3v) is 13.0. The minimum Gasteiger partial charge on any atom is -1.00 e. The number of nitrogens with one attached hydrogen (secondary N) is 1. The smallest absolute Gasteiger partial charge is 1.00 e. The van der Waals surface area contributed by atoms with Crippen molar-refractivity contribution in [1.29, 1.82) is 0 Å². The molecule has 4 aliphatic heterocycles. The van der Waals surface area contributed by atoms with E-state index in [4.69, 9.17) is 28.7 Å². The number of amides is 1. The zero-order chi connectivity index (χ0) is 49.7. The predicted octanol–water partition coefficient (Wildman–Crippen LogP) is 2.36. The average Bonchev–Trinajstić information content (AvgIpc) is 4.25. The number of esters is 2. The molecule has 3 N–H and O–H groups in total. The molecule has 0 bridgehead atoms. The molecule has 4 aliphatic rings. The number of ether oxygens (including phenoxy) is 5. The van der Waals surface area contributed by atoms with Gasteiger partial charge in [-0.1, -0.05) is 51.6 Å². The maximum absolute atomic E-state index is 13.0. The van der Waals surface area contributed by atoms with E-state index in [1.807, 2.05) is 62.4 Å². The van der Waals surface area contributed by atoms with Crippen LogP contribution in [0.4, 0.5) is 0 Å². The van der Waals surface area contributed by atoms with E-state index in [9.17, 15) is 19.4 Å². The number of carbonyl (C=O) groups excluding carboxylic acids is 3. The van der Waals surface area contributed by atoms with Crippen LogP contribution in [0.2, 0.25) is 0 Å². The summed E-state index contributed by atoms with van der Waals surface area (Å²) < 4.78 is 32.5. The third kappa shape index (κ3) is 20.4. The van der Waals surface area contributed by atoms with Crippen molar-refractivity contribution in [3.63, 3.8) is 0 Å². The average molecular weight is 1020 g/mol. The standard InChI is InChI=1S/C27H35BN2O6.C14H19NO3.C13H19NO2.CH4.Al.Li.4H/c1-18(2)25(29-26(31)23-11-8-21-17-36-28(33)24(21)19(23)3)27(32)35-16-20-6-9-22(10-7-20)34-15-14-30-12-4-5-13-30;1-17-14(16)12-4-6-13(7-5-12)18-11-10-15-8-2-3-9-15;15-11-12-3-5-13(6-4-12)16-10-9-14-7-1-2-8-14;;;;;;;/h6-11,18,25,33H,4-5,12-17H2,1-3H3,(H,29,31);4-7H,2-3,8-11H2,1H3;3-6,15H,1-2,7-11H2;1H4;;;;;;/q;;;;;+1;;;;-1/t25-;;;;;;;;;/m0........./s1. The second kappa shape index (κ2) is 33.5. The first-order chi connectivity index (χ1) is 34.0. The molecule has 0 radical (unpaired) electrons. The number of carbonyl (C=O) groups is 3. The summed E-state index contributed by atoms with van der Waals surface area (Å²) in [6, 6.07) is 24.8. The molecule has 0 aromatic heterocycles. The van der Waals surface area contributed by atoms with Gasteiger partial charge in [0, 0.05) is 25.2 Å². The van der Waals surface area contributed by atoms with Gasteiger partial charge in [0.25, 0.3) is 5.91 Å². The van der Waals surface area contributed by atoms with Crippen molar-refractivity contribution in [3.8, 4) is 17.2 Å². The van der Waals surface area contributed by atoms with Gasteiger partial charge in [-0.05, 0) is 173 Å². The van der Waals surface area contributed by atoms with E-state index in [0.717, 1.165) is 73.3 Å². The molecular formula is C55H81AlBLiN4O11. The van der Waals surface area contributed by atoms with Gasteiger partial charge in [-0.3, -0.25) is 19.5 Å². The van der Waals surface area contributed by atoms with Crippen LogP contribution in [0.25, 0.3) is 0 Å². The molecule has 4 aromatic rings. The van der Waals surface area contributed by atoms with Crippen LogP contribution in [-0.4, -0.2) is 159 Å². The van der Waals surface area contributed by atoms with Gasteiger partial charge in [-0.15, -0.1) is 0 Å². The van der Waals surface area contributed by atoms with Gasteiger partial charge in [0.05, 0.1) is 25.9 Å². The second-order valence-corrected chi connectivity index (χ2v) is 18.4. The number of aliphatic hydroxyl groups excluding tert-OH is 1. The zero-order valence-corrected chi connectivity index (χ0v) is 42.6. The SMILES string of the molecule is C.COC(=O)c1ccc(OCCN2CCCC2)cc1.Cc1c(C(=O)N[C@H](C(=O)OCc2ccc(OCCN3CCCC3)cc2)C(C)C)ccc2c1B(O)OC2.OCc1ccc(OCCN2CCCC2)cc1.[AlH3].[H-].[Li+]. The summed E-state index contributed by atoms with van der Waals surface area (Å²) in [6.45, 7) is 18.1. The van der Waals surface area contributed by atoms with Crippen LogP contribution in [0, 0.1) is 12.8 Å². The molecule has 8 rings (SSSR count). The van der Waals surface area contributed by atoms with Crippen molar-refractivity contribution in [2.45, 2.75) is 92.6 Å². The second-order valence-electron chi connectivity index (χ2n) is 18.4. The third-order valence-electron chi connectivity index (χ3n) is 13.0. The van der Waals surface area contributed by atoms with Crippen LogP contribution >= 0.6 is 0 Å². The van der Waals surface area contributed by atoms with Crippen LogP contribution in [-0.2, 0) is 38.7 Å². The van der Waals surface area contributed by atoms with Gasteiger partial charge in [0.2, 0.25) is 0 Å². The van der Waals surface area contributed by atoms with Crippen molar-refractivity contribution in [3.05, 3.63) is 118 Å². The Morgan fingerprint density at radius 1 is 0.699 bits per heavy atom. The maximum Gasteiger partial charge on any atom is 1.00 e. The molecule has 15 nitrogen and oxygen atoms in total. The van der Waals surface area contributed by atoms with E-state index in [-0.39, 0.29) is 76.1 Å². The van der Waals surface area contributed by atoms with Crippen LogP contribution in [0.1, 0.15) is 104 Å². The summed E-state index contributed by atoms with van der Waals surface area (Å²) in [4.78, 5) is 44.4. The van der Waals surface area contributed by atoms with Crippen molar-refractivity contribution < 1.29 is 73.1 Å². The van der Waals surface area contributed by atoms with Gasteiger partial charge in [-0.25, -0.2) is 9.59 Å². The molecule has 3 saturated heterocycles. The monoisotopic (exact) mass is 1020 g/mol. The van der Waals surface area contributed by atoms with Gasteiger partial charge in [0.1, 0.15) is 49.7 Å². The van der Waals surface area contributed by atoms with Crippen LogP contribution in [0.3, 0.4) is 0 Å². The number of fused-ring (bicyclic) bond motifs is 1. The molecule has 0 saturated carbocycles. The van der Waals surface area contributed by atoms with Gasteiger partial charge in [-0.2, -0.15) is 0 Å². The van der Waals surface area contributed by atoms with E-state index in [1.165, 1.54) is 71.8 Å². The molecule has 0 unspecified atom stereocenters. The summed E-state index contributed by atoms with van der Waals surface area (Å²) in [5.74, 6) is 1.09. The molecule has 73 heavy (non-hydrogen) atoms. The summed E-state index contributed by atoms with van der Waals surface area (Å²) in [5, 5.41) is 21.8. The van der Waals surface area contributed by atoms with Crippen molar-refractivity contribution in [1.82, 2.24) is 20.0 Å². The normalized spacial score (nSPS) is 15.5. The number of rotatable bonds is 20. The first-order valence-corrected chi connectivity index (χ1v) is 24.9. The van der Waals surface area contributed by atoms with Crippen LogP contribution < -0.4 is 43.9 Å². The van der Waals surface area contributed by atoms with Crippen molar-refractivity contribution in [2.24, 2.45) is 5.92 Å². The fourth-order valence-electron chi connectivity index (χ4n) is 8.79. The Morgan fingerprint density at radius 2 is 1.14 bits per heavy atom. The first kappa shape index (κ1) is 62.9. The number of nitrogens with zero attached hydrogens (tertiary/aromatic N) is 3. The number of methoxy groups -OCH3 is 1. The van der Waals surface area contributed by atoms with Crippen molar-refractivity contribution >= 4 is 47.8 Å². The molecule has 18 heteroatoms. The van der Waals surface area contributed by atoms with Crippen molar-refractivity contribution in [2.75, 3.05) is 85.8 Å². The van der Waals surface area contributed by atoms with E-state index in [1.54, 1.807) is 43.3 Å². The number of hydrogen-bond acceptors (Lipinski definition) is 14. The van der Waals surface area contributed by atoms with Gasteiger partial charge in [0.15, 0.2) is 17.4 Å². The molecule has 1 atom stereocenters. The molecule has 394 valence electrons. The Labute approximate surface area is 458 Å². The number of hydrogen-bond donors (Lipinski definition) is 3. The van der Waals surface area contributed by atoms with Gasteiger partial charge < -0.3 is 45.2 Å². The van der Waals surface area contributed by atoms with E-state index in [0.29, 0.717) is 42.0 Å². The summed E-state index contributed by atoms with van der Waals surface area (Å²) in [7, 11) is 0.337. The molecule has 0 spiro atoms. The Balaban J connectivity index is 0.000000415. The minimum atomic E-state index is -1.04. The van der Waals surface area contributed by atoms with Crippen LogP contribution in [0.15, 0.2) is 84.9 Å². The van der Waals surface area contributed by atoms with E-state index in [2.05, 4.69) is 24.8 Å². The molecule has 0 aliphatic carbocycles. The number of likely N-dealkylation sites (tertiary alicyclic amines) is 3. The number of benzene rings is 4. The fraction of sp³-hybridized carbons (Fsp3) is 0.509. The number of aliphatic hydroxyl groups is 1. The zero-order valence-electron chi connectivity index (χ0n) is 43.6. The van der Waals surface area contributed by atoms with E-state index < -0.39 is 19.1 Å². The summed E-state index contributed by atoms with van der Waals surface area (Å²) in [6.07, 6.45) is 7.78. The topological polar surface area (TPSA) is 169 Å². The fourth-order valence-corrected chi connectivity index (χ4v) is 8.79. The molecule has 4 heterocycles. The minimum absolute atomic E-state index is 0. The Morgan fingerprint density at radius 3 is 1.56 bits per heavy atom. The quantitative estimate of drug-likeness (QED) is 0.0872. The Bertz CT molecular complexity index is 2230. The molecule has 1 amide bonds. The predicted molar refractivity (Wildman–Crippen MR) is 287 cm³/mol. The molecule has 4 aromatic carbocycles. The summed E-state index contributed by atoms with van der Waals surface area (Å²) >= 11 is 0. The first-order valence-electron chi connectivity index (χ1n) is 24.9. The van der Waals surface area contributed by atoms with Gasteiger partial charge >= 0.3 is 37.9 Å². The molecule has 3 fully saturated rings. The van der Waals surface area contributed by atoms with Crippen LogP contribution in [0.5, 0.6) is 17.2 Å². The summed E-state index contributed by atoms with van der Waals surface area (Å²) in [5.41, 5.74) is 4.84. The molecular weight excluding hydrogens is 937 g/mol. The Hall–Kier alpha value is -4.36. The maximum atomic E-state index is 13.0. The largest absolute Gasteiger partial charge is 1.00 e.